The average Bonchev–Trinajstić information content (AvgIpc) is 3.10. The highest BCUT2D eigenvalue weighted by atomic mass is 16.2. The number of carbonyl (C=O) groups excluding carboxylic acids is 1. The van der Waals surface area contributed by atoms with E-state index in [1.165, 1.54) is 19.3 Å². The van der Waals surface area contributed by atoms with Crippen LogP contribution < -0.4 is 10.2 Å². The number of amides is 2. The summed E-state index contributed by atoms with van der Waals surface area (Å²) in [7, 11) is 0. The Bertz CT molecular complexity index is 868. The topological polar surface area (TPSA) is 49.6 Å². The van der Waals surface area contributed by atoms with Crippen LogP contribution in [0.3, 0.4) is 0 Å². The van der Waals surface area contributed by atoms with E-state index >= 15 is 0 Å². The number of urea groups is 1. The van der Waals surface area contributed by atoms with Gasteiger partial charge in [0, 0.05) is 17.9 Å². The maximum atomic E-state index is 13.1. The molecule has 134 valence electrons. The summed E-state index contributed by atoms with van der Waals surface area (Å²) in [4.78, 5) is 19.3. The molecule has 1 fully saturated rings. The average molecular weight is 348 g/mol. The largest absolute Gasteiger partial charge is 0.335 e. The highest BCUT2D eigenvalue weighted by Gasteiger charge is 2.22. The van der Waals surface area contributed by atoms with Crippen molar-refractivity contribution in [2.45, 2.75) is 44.7 Å². The molecule has 0 bridgehead atoms. The summed E-state index contributed by atoms with van der Waals surface area (Å²) in [6.45, 7) is 0.480. The highest BCUT2D eigenvalue weighted by molar-refractivity contribution is 5.92. The van der Waals surface area contributed by atoms with Gasteiger partial charge in [0.05, 0.1) is 18.4 Å². The molecule has 0 radical (unpaired) electrons. The first-order valence-corrected chi connectivity index (χ1v) is 9.35. The van der Waals surface area contributed by atoms with Gasteiger partial charge in [-0.1, -0.05) is 43.5 Å². The van der Waals surface area contributed by atoms with Gasteiger partial charge in [-0.15, -0.1) is 0 Å². The van der Waals surface area contributed by atoms with Crippen molar-refractivity contribution < 1.29 is 4.79 Å². The number of fused-ring (bicyclic) bond motifs is 1. The normalized spacial score (nSPS) is 15.1. The molecule has 1 saturated carbocycles. The molecular formula is C21H24N4O. The molecule has 1 aliphatic rings. The lowest BCUT2D eigenvalue weighted by Gasteiger charge is -2.28. The molecule has 0 saturated heterocycles. The highest BCUT2D eigenvalue weighted by Crippen LogP contribution is 2.21. The van der Waals surface area contributed by atoms with Crippen LogP contribution in [0.4, 0.5) is 10.5 Å². The lowest BCUT2D eigenvalue weighted by atomic mass is 9.96. The number of aromatic nitrogens is 2. The Kier molecular flexibility index (Phi) is 4.86. The van der Waals surface area contributed by atoms with Gasteiger partial charge in [0.2, 0.25) is 0 Å². The van der Waals surface area contributed by atoms with Gasteiger partial charge in [0.25, 0.3) is 0 Å². The van der Waals surface area contributed by atoms with Crippen LogP contribution in [0.2, 0.25) is 0 Å². The van der Waals surface area contributed by atoms with Gasteiger partial charge < -0.3 is 9.72 Å². The first-order chi connectivity index (χ1) is 12.8. The first-order valence-electron chi connectivity index (χ1n) is 9.35. The van der Waals surface area contributed by atoms with Crippen molar-refractivity contribution in [3.8, 4) is 0 Å². The molecule has 0 unspecified atom stereocenters. The number of benzene rings is 1. The molecule has 1 N–H and O–H groups in total. The van der Waals surface area contributed by atoms with Crippen molar-refractivity contribution in [2.75, 3.05) is 4.90 Å². The fourth-order valence-corrected chi connectivity index (χ4v) is 3.65. The van der Waals surface area contributed by atoms with Crippen LogP contribution in [0.15, 0.2) is 60.9 Å². The zero-order valence-corrected chi connectivity index (χ0v) is 14.8. The van der Waals surface area contributed by atoms with Gasteiger partial charge in [-0.3, -0.25) is 4.90 Å². The van der Waals surface area contributed by atoms with Crippen LogP contribution in [0, 0.1) is 0 Å². The van der Waals surface area contributed by atoms with Gasteiger partial charge in [-0.05, 0) is 37.1 Å². The van der Waals surface area contributed by atoms with E-state index in [0.29, 0.717) is 6.54 Å². The number of hydrogen-bond acceptors (Lipinski definition) is 2. The number of carbonyl (C=O) groups is 1. The zero-order valence-electron chi connectivity index (χ0n) is 14.8. The van der Waals surface area contributed by atoms with Crippen LogP contribution in [-0.4, -0.2) is 21.5 Å². The van der Waals surface area contributed by atoms with Crippen LogP contribution in [0.5, 0.6) is 0 Å². The number of para-hydroxylation sites is 1. The lowest BCUT2D eigenvalue weighted by Crippen LogP contribution is -2.45. The van der Waals surface area contributed by atoms with E-state index in [0.717, 1.165) is 29.9 Å². The number of imidazole rings is 1. The minimum absolute atomic E-state index is 0.0334. The van der Waals surface area contributed by atoms with Crippen LogP contribution in [0.25, 0.3) is 5.65 Å². The van der Waals surface area contributed by atoms with Crippen molar-refractivity contribution in [3.05, 3.63) is 66.6 Å². The molecule has 0 aliphatic heterocycles. The van der Waals surface area contributed by atoms with Gasteiger partial charge in [-0.2, -0.15) is 0 Å². The molecule has 26 heavy (non-hydrogen) atoms. The Morgan fingerprint density at radius 2 is 1.85 bits per heavy atom. The Morgan fingerprint density at radius 3 is 2.65 bits per heavy atom. The fourth-order valence-electron chi connectivity index (χ4n) is 3.65. The van der Waals surface area contributed by atoms with Gasteiger partial charge >= 0.3 is 6.03 Å². The summed E-state index contributed by atoms with van der Waals surface area (Å²) >= 11 is 0. The predicted octanol–water partition coefficient (Wildman–Crippen LogP) is 4.38. The summed E-state index contributed by atoms with van der Waals surface area (Å²) in [5, 5.41) is 3.24. The second-order valence-electron chi connectivity index (χ2n) is 6.88. The molecule has 4 rings (SSSR count). The second kappa shape index (κ2) is 7.60. The number of rotatable bonds is 4. The summed E-state index contributed by atoms with van der Waals surface area (Å²) < 4.78 is 2.03. The molecule has 0 atom stereocenters. The molecule has 1 aromatic carbocycles. The summed E-state index contributed by atoms with van der Waals surface area (Å²) in [6.07, 6.45) is 9.65. The minimum atomic E-state index is -0.0334. The summed E-state index contributed by atoms with van der Waals surface area (Å²) in [6, 6.07) is 16.0. The number of nitrogens with one attached hydrogen (secondary N) is 1. The SMILES string of the molecule is O=C(NC1CCCCC1)N(Cc1cnc2ccccn12)c1ccccc1. The van der Waals surface area contributed by atoms with Crippen LogP contribution in [-0.2, 0) is 6.54 Å². The Labute approximate surface area is 153 Å². The smallest absolute Gasteiger partial charge is 0.322 e. The van der Waals surface area contributed by atoms with Gasteiger partial charge in [0.15, 0.2) is 0 Å². The van der Waals surface area contributed by atoms with Crippen molar-refractivity contribution in [1.82, 2.24) is 14.7 Å². The molecule has 2 heterocycles. The predicted molar refractivity (Wildman–Crippen MR) is 103 cm³/mol. The van der Waals surface area contributed by atoms with E-state index in [9.17, 15) is 4.79 Å². The van der Waals surface area contributed by atoms with E-state index in [4.69, 9.17) is 0 Å². The third kappa shape index (κ3) is 3.57. The molecule has 5 heteroatoms. The monoisotopic (exact) mass is 348 g/mol. The molecule has 5 nitrogen and oxygen atoms in total. The summed E-state index contributed by atoms with van der Waals surface area (Å²) in [5.74, 6) is 0. The molecule has 3 aromatic rings. The summed E-state index contributed by atoms with van der Waals surface area (Å²) in [5.41, 5.74) is 2.78. The molecule has 0 spiro atoms. The van der Waals surface area contributed by atoms with Crippen molar-refractivity contribution in [2.24, 2.45) is 0 Å². The maximum Gasteiger partial charge on any atom is 0.322 e. The van der Waals surface area contributed by atoms with Crippen LogP contribution in [0.1, 0.15) is 37.8 Å². The Balaban J connectivity index is 1.59. The van der Waals surface area contributed by atoms with Crippen molar-refractivity contribution in [1.29, 1.82) is 0 Å². The third-order valence-corrected chi connectivity index (χ3v) is 5.06. The van der Waals surface area contributed by atoms with E-state index < -0.39 is 0 Å². The van der Waals surface area contributed by atoms with E-state index in [1.807, 2.05) is 70.2 Å². The molecule has 1 aliphatic carbocycles. The van der Waals surface area contributed by atoms with Crippen molar-refractivity contribution in [3.63, 3.8) is 0 Å². The number of nitrogens with zero attached hydrogens (tertiary/aromatic N) is 3. The number of hydrogen-bond donors (Lipinski definition) is 1. The molecule has 2 amide bonds. The van der Waals surface area contributed by atoms with Gasteiger partial charge in [0.1, 0.15) is 5.65 Å². The number of pyridine rings is 1. The standard InChI is InChI=1S/C21H24N4O/c26-21(23-17-9-3-1-4-10-17)25(18-11-5-2-6-12-18)16-19-15-22-20-13-7-8-14-24(19)20/h2,5-8,11-15,17H,1,3-4,9-10,16H2,(H,23,26). The molecule has 2 aromatic heterocycles. The first kappa shape index (κ1) is 16.6. The van der Waals surface area contributed by atoms with Gasteiger partial charge in [-0.25, -0.2) is 9.78 Å². The minimum Gasteiger partial charge on any atom is -0.335 e. The van der Waals surface area contributed by atoms with Crippen LogP contribution >= 0.6 is 0 Å². The fraction of sp³-hybridized carbons (Fsp3) is 0.333. The third-order valence-electron chi connectivity index (χ3n) is 5.06. The van der Waals surface area contributed by atoms with E-state index in [2.05, 4.69) is 10.3 Å². The Hall–Kier alpha value is -2.82. The van der Waals surface area contributed by atoms with E-state index in [-0.39, 0.29) is 12.1 Å². The van der Waals surface area contributed by atoms with E-state index in [1.54, 1.807) is 0 Å². The zero-order chi connectivity index (χ0) is 17.8. The number of anilines is 1. The second-order valence-corrected chi connectivity index (χ2v) is 6.88. The lowest BCUT2D eigenvalue weighted by molar-refractivity contribution is 0.238. The Morgan fingerprint density at radius 1 is 1.08 bits per heavy atom. The quantitative estimate of drug-likeness (QED) is 0.760. The molecular weight excluding hydrogens is 324 g/mol. The maximum absolute atomic E-state index is 13.1. The van der Waals surface area contributed by atoms with Crippen molar-refractivity contribution >= 4 is 17.4 Å².